The number of urea groups is 1. The summed E-state index contributed by atoms with van der Waals surface area (Å²) < 4.78 is 0. The van der Waals surface area contributed by atoms with Crippen molar-refractivity contribution >= 4 is 12.0 Å². The fourth-order valence-electron chi connectivity index (χ4n) is 1.67. The van der Waals surface area contributed by atoms with Crippen LogP contribution < -0.4 is 10.6 Å². The van der Waals surface area contributed by atoms with Crippen LogP contribution in [0.1, 0.15) is 27.3 Å². The number of aryl methyl sites for hydroxylation is 1. The van der Waals surface area contributed by atoms with Gasteiger partial charge in [0.05, 0.1) is 24.0 Å². The summed E-state index contributed by atoms with van der Waals surface area (Å²) in [6.07, 6.45) is 3.04. The number of rotatable bonds is 5. The lowest BCUT2D eigenvalue weighted by Crippen LogP contribution is -2.34. The van der Waals surface area contributed by atoms with Gasteiger partial charge < -0.3 is 15.7 Å². The molecule has 0 fully saturated rings. The SMILES string of the molecule is Cc1[nH]ncc1CNC(=O)NCc1cc(C(=O)O)ccn1. The highest BCUT2D eigenvalue weighted by Crippen LogP contribution is 2.02. The van der Waals surface area contributed by atoms with Crippen LogP contribution in [0.25, 0.3) is 0 Å². The Bertz CT molecular complexity index is 653. The lowest BCUT2D eigenvalue weighted by atomic mass is 10.2. The third-order valence-electron chi connectivity index (χ3n) is 2.87. The molecule has 21 heavy (non-hydrogen) atoms. The molecule has 2 heterocycles. The number of aromatic amines is 1. The van der Waals surface area contributed by atoms with Crippen molar-refractivity contribution in [1.82, 2.24) is 25.8 Å². The number of pyridine rings is 1. The Morgan fingerprint density at radius 3 is 2.76 bits per heavy atom. The number of hydrogen-bond acceptors (Lipinski definition) is 4. The van der Waals surface area contributed by atoms with E-state index in [1.54, 1.807) is 6.20 Å². The first-order valence-corrected chi connectivity index (χ1v) is 6.25. The van der Waals surface area contributed by atoms with Crippen LogP contribution >= 0.6 is 0 Å². The standard InChI is InChI=1S/C13H15N5O3/c1-8-10(6-17-18-8)5-15-13(21)16-7-11-4-9(12(19)20)2-3-14-11/h2-4,6H,5,7H2,1H3,(H,17,18)(H,19,20)(H2,15,16,21). The van der Waals surface area contributed by atoms with Gasteiger partial charge in [-0.3, -0.25) is 10.1 Å². The van der Waals surface area contributed by atoms with Crippen LogP contribution in [0.5, 0.6) is 0 Å². The van der Waals surface area contributed by atoms with Gasteiger partial charge in [-0.15, -0.1) is 0 Å². The maximum atomic E-state index is 11.6. The van der Waals surface area contributed by atoms with Crippen LogP contribution in [0, 0.1) is 6.92 Å². The highest BCUT2D eigenvalue weighted by molar-refractivity contribution is 5.87. The van der Waals surface area contributed by atoms with Crippen molar-refractivity contribution in [2.45, 2.75) is 20.0 Å². The first kappa shape index (κ1) is 14.5. The number of carboxylic acid groups (broad SMARTS) is 1. The second-order valence-electron chi connectivity index (χ2n) is 4.40. The van der Waals surface area contributed by atoms with Crippen molar-refractivity contribution in [1.29, 1.82) is 0 Å². The summed E-state index contributed by atoms with van der Waals surface area (Å²) >= 11 is 0. The van der Waals surface area contributed by atoms with Crippen LogP contribution in [-0.4, -0.2) is 32.3 Å². The summed E-state index contributed by atoms with van der Waals surface area (Å²) in [5, 5.41) is 20.8. The van der Waals surface area contributed by atoms with E-state index in [2.05, 4.69) is 25.8 Å². The normalized spacial score (nSPS) is 10.1. The molecule has 0 saturated heterocycles. The molecule has 0 unspecified atom stereocenters. The molecule has 110 valence electrons. The van der Waals surface area contributed by atoms with E-state index in [-0.39, 0.29) is 18.1 Å². The number of carbonyl (C=O) groups is 2. The zero-order valence-electron chi connectivity index (χ0n) is 11.4. The minimum absolute atomic E-state index is 0.135. The number of H-pyrrole nitrogens is 1. The third-order valence-corrected chi connectivity index (χ3v) is 2.87. The smallest absolute Gasteiger partial charge is 0.335 e. The highest BCUT2D eigenvalue weighted by atomic mass is 16.4. The maximum absolute atomic E-state index is 11.6. The van der Waals surface area contributed by atoms with Gasteiger partial charge in [0.1, 0.15) is 0 Å². The molecule has 0 aliphatic rings. The lowest BCUT2D eigenvalue weighted by Gasteiger charge is -2.07. The van der Waals surface area contributed by atoms with Gasteiger partial charge in [0.15, 0.2) is 0 Å². The number of carbonyl (C=O) groups excluding carboxylic acids is 1. The molecule has 2 rings (SSSR count). The van der Waals surface area contributed by atoms with E-state index in [1.807, 2.05) is 6.92 Å². The Labute approximate surface area is 120 Å². The molecule has 0 spiro atoms. The number of amides is 2. The van der Waals surface area contributed by atoms with Crippen molar-refractivity contribution in [3.05, 3.63) is 47.0 Å². The monoisotopic (exact) mass is 289 g/mol. The first-order chi connectivity index (χ1) is 10.1. The molecule has 8 heteroatoms. The summed E-state index contributed by atoms with van der Waals surface area (Å²) in [5.74, 6) is -1.03. The fourth-order valence-corrected chi connectivity index (χ4v) is 1.67. The van der Waals surface area contributed by atoms with Crippen molar-refractivity contribution in [2.75, 3.05) is 0 Å². The number of aromatic carboxylic acids is 1. The van der Waals surface area contributed by atoms with Crippen LogP contribution in [0.2, 0.25) is 0 Å². The molecule has 2 aromatic rings. The Hall–Kier alpha value is -2.90. The van der Waals surface area contributed by atoms with Crippen molar-refractivity contribution in [2.24, 2.45) is 0 Å². The summed E-state index contributed by atoms with van der Waals surface area (Å²) in [4.78, 5) is 26.5. The van der Waals surface area contributed by atoms with Gasteiger partial charge in [0.2, 0.25) is 0 Å². The van der Waals surface area contributed by atoms with Crippen LogP contribution in [0.3, 0.4) is 0 Å². The average molecular weight is 289 g/mol. The summed E-state index contributed by atoms with van der Waals surface area (Å²) in [6.45, 7) is 2.37. The van der Waals surface area contributed by atoms with Gasteiger partial charge in [0.25, 0.3) is 0 Å². The molecule has 2 aromatic heterocycles. The molecule has 0 atom stereocenters. The van der Waals surface area contributed by atoms with E-state index in [4.69, 9.17) is 5.11 Å². The predicted octanol–water partition coefficient (Wildman–Crippen LogP) is 0.811. The Morgan fingerprint density at radius 1 is 1.33 bits per heavy atom. The van der Waals surface area contributed by atoms with Crippen molar-refractivity contribution in [3.8, 4) is 0 Å². The summed E-state index contributed by atoms with van der Waals surface area (Å²) in [7, 11) is 0. The fraction of sp³-hybridized carbons (Fsp3) is 0.231. The lowest BCUT2D eigenvalue weighted by molar-refractivity contribution is 0.0696. The van der Waals surface area contributed by atoms with Gasteiger partial charge >= 0.3 is 12.0 Å². The van der Waals surface area contributed by atoms with Crippen LogP contribution in [0.15, 0.2) is 24.5 Å². The van der Waals surface area contributed by atoms with Gasteiger partial charge in [-0.05, 0) is 19.1 Å². The third kappa shape index (κ3) is 4.03. The van der Waals surface area contributed by atoms with Crippen LogP contribution in [0.4, 0.5) is 4.79 Å². The van der Waals surface area contributed by atoms with E-state index < -0.39 is 5.97 Å². The van der Waals surface area contributed by atoms with Crippen molar-refractivity contribution < 1.29 is 14.7 Å². The Kier molecular flexibility index (Phi) is 4.50. The topological polar surface area (TPSA) is 120 Å². The largest absolute Gasteiger partial charge is 0.478 e. The number of carboxylic acids is 1. The van der Waals surface area contributed by atoms with E-state index in [1.165, 1.54) is 18.3 Å². The second kappa shape index (κ2) is 6.51. The molecule has 2 amide bonds. The molecule has 0 aliphatic carbocycles. The predicted molar refractivity (Wildman–Crippen MR) is 73.6 cm³/mol. The van der Waals surface area contributed by atoms with E-state index >= 15 is 0 Å². The van der Waals surface area contributed by atoms with Crippen molar-refractivity contribution in [3.63, 3.8) is 0 Å². The molecular formula is C13H15N5O3. The molecule has 8 nitrogen and oxygen atoms in total. The minimum atomic E-state index is -1.03. The number of nitrogens with zero attached hydrogens (tertiary/aromatic N) is 2. The van der Waals surface area contributed by atoms with Gasteiger partial charge in [0, 0.05) is 24.0 Å². The van der Waals surface area contributed by atoms with Gasteiger partial charge in [-0.1, -0.05) is 0 Å². The molecule has 4 N–H and O–H groups in total. The highest BCUT2D eigenvalue weighted by Gasteiger charge is 2.06. The molecule has 0 bridgehead atoms. The summed E-state index contributed by atoms with van der Waals surface area (Å²) in [6, 6.07) is 2.45. The molecular weight excluding hydrogens is 274 g/mol. The van der Waals surface area contributed by atoms with Gasteiger partial charge in [-0.2, -0.15) is 5.10 Å². The zero-order chi connectivity index (χ0) is 15.2. The number of hydrogen-bond donors (Lipinski definition) is 4. The Balaban J connectivity index is 1.82. The maximum Gasteiger partial charge on any atom is 0.335 e. The second-order valence-corrected chi connectivity index (χ2v) is 4.40. The van der Waals surface area contributed by atoms with Crippen LogP contribution in [-0.2, 0) is 13.1 Å². The van der Waals surface area contributed by atoms with E-state index in [0.717, 1.165) is 11.3 Å². The average Bonchev–Trinajstić information content (AvgIpc) is 2.88. The minimum Gasteiger partial charge on any atom is -0.478 e. The first-order valence-electron chi connectivity index (χ1n) is 6.25. The molecule has 0 aromatic carbocycles. The number of aromatic nitrogens is 3. The molecule has 0 aliphatic heterocycles. The molecule has 0 radical (unpaired) electrons. The van der Waals surface area contributed by atoms with E-state index in [0.29, 0.717) is 12.2 Å². The Morgan fingerprint density at radius 2 is 2.10 bits per heavy atom. The molecule has 0 saturated carbocycles. The summed E-state index contributed by atoms with van der Waals surface area (Å²) in [5.41, 5.74) is 2.41. The van der Waals surface area contributed by atoms with E-state index in [9.17, 15) is 9.59 Å². The zero-order valence-corrected chi connectivity index (χ0v) is 11.4. The number of nitrogens with one attached hydrogen (secondary N) is 3. The van der Waals surface area contributed by atoms with Gasteiger partial charge in [-0.25, -0.2) is 9.59 Å². The quantitative estimate of drug-likeness (QED) is 0.649.